The molecule has 0 spiro atoms. The van der Waals surface area contributed by atoms with Gasteiger partial charge >= 0.3 is 0 Å². The maximum atomic E-state index is 5.65. The van der Waals surface area contributed by atoms with Gasteiger partial charge in [-0.1, -0.05) is 25.1 Å². The van der Waals surface area contributed by atoms with Gasteiger partial charge in [0.1, 0.15) is 0 Å². The molecule has 0 aromatic heterocycles. The zero-order chi connectivity index (χ0) is 10.7. The van der Waals surface area contributed by atoms with Gasteiger partial charge in [-0.05, 0) is 42.9 Å². The quantitative estimate of drug-likeness (QED) is 0.844. The van der Waals surface area contributed by atoms with Crippen molar-refractivity contribution in [3.8, 4) is 0 Å². The molecule has 0 saturated heterocycles. The van der Waals surface area contributed by atoms with Gasteiger partial charge < -0.3 is 5.73 Å². The second-order valence-electron chi connectivity index (χ2n) is 4.46. The fourth-order valence-electron chi connectivity index (χ4n) is 2.07. The molecule has 2 unspecified atom stereocenters. The van der Waals surface area contributed by atoms with Gasteiger partial charge in [0, 0.05) is 10.6 Å². The van der Waals surface area contributed by atoms with Crippen LogP contribution in [-0.4, -0.2) is 12.3 Å². The summed E-state index contributed by atoms with van der Waals surface area (Å²) in [7, 11) is 0. The van der Waals surface area contributed by atoms with Crippen LogP contribution in [0.5, 0.6) is 0 Å². The highest BCUT2D eigenvalue weighted by Crippen LogP contribution is 2.41. The van der Waals surface area contributed by atoms with Crippen LogP contribution < -0.4 is 5.73 Å². The van der Waals surface area contributed by atoms with Crippen molar-refractivity contribution in [1.29, 1.82) is 0 Å². The maximum absolute atomic E-state index is 5.65. The zero-order valence-electron chi connectivity index (χ0n) is 9.28. The minimum Gasteiger partial charge on any atom is -0.330 e. The molecule has 2 rings (SSSR count). The van der Waals surface area contributed by atoms with E-state index in [2.05, 4.69) is 31.2 Å². The van der Waals surface area contributed by atoms with Gasteiger partial charge in [-0.15, -0.1) is 11.8 Å². The molecular weight excluding hydrogens is 202 g/mol. The monoisotopic (exact) mass is 221 g/mol. The van der Waals surface area contributed by atoms with Crippen LogP contribution in [0.25, 0.3) is 0 Å². The molecule has 0 fully saturated rings. The average molecular weight is 221 g/mol. The standard InChI is InChI=1S/C13H19NS/c1-10(8-14)6-7-11-9-15-13-5-3-2-4-12(11)13/h2-5,10-11H,6-9,14H2,1H3. The van der Waals surface area contributed by atoms with E-state index in [4.69, 9.17) is 5.73 Å². The Bertz CT molecular complexity index is 324. The molecule has 0 bridgehead atoms. The summed E-state index contributed by atoms with van der Waals surface area (Å²) in [5.41, 5.74) is 7.21. The third-order valence-corrected chi connectivity index (χ3v) is 4.46. The van der Waals surface area contributed by atoms with Crippen LogP contribution in [0.15, 0.2) is 29.2 Å². The molecule has 1 nitrogen and oxygen atoms in total. The van der Waals surface area contributed by atoms with E-state index in [0.29, 0.717) is 5.92 Å². The third kappa shape index (κ3) is 2.56. The van der Waals surface area contributed by atoms with Crippen molar-refractivity contribution in [2.75, 3.05) is 12.3 Å². The van der Waals surface area contributed by atoms with Crippen LogP contribution in [0.4, 0.5) is 0 Å². The number of benzene rings is 1. The zero-order valence-corrected chi connectivity index (χ0v) is 10.1. The van der Waals surface area contributed by atoms with Crippen molar-refractivity contribution in [2.24, 2.45) is 11.7 Å². The predicted molar refractivity (Wildman–Crippen MR) is 67.4 cm³/mol. The second kappa shape index (κ2) is 5.04. The fourth-order valence-corrected chi connectivity index (χ4v) is 3.37. The van der Waals surface area contributed by atoms with Gasteiger partial charge in [0.15, 0.2) is 0 Å². The summed E-state index contributed by atoms with van der Waals surface area (Å²) in [6.07, 6.45) is 2.55. The molecule has 0 radical (unpaired) electrons. The highest BCUT2D eigenvalue weighted by molar-refractivity contribution is 7.99. The Balaban J connectivity index is 1.96. The molecule has 0 aliphatic carbocycles. The van der Waals surface area contributed by atoms with Gasteiger partial charge in [0.25, 0.3) is 0 Å². The second-order valence-corrected chi connectivity index (χ2v) is 5.53. The first-order valence-electron chi connectivity index (χ1n) is 5.73. The minimum absolute atomic E-state index is 0.669. The summed E-state index contributed by atoms with van der Waals surface area (Å²) in [5, 5.41) is 0. The van der Waals surface area contributed by atoms with Crippen molar-refractivity contribution < 1.29 is 0 Å². The van der Waals surface area contributed by atoms with Gasteiger partial charge in [0.2, 0.25) is 0 Å². The van der Waals surface area contributed by atoms with E-state index in [1.165, 1.54) is 23.5 Å². The molecule has 2 heteroatoms. The lowest BCUT2D eigenvalue weighted by Crippen LogP contribution is -2.11. The molecule has 1 aliphatic rings. The van der Waals surface area contributed by atoms with Crippen LogP contribution in [0, 0.1) is 5.92 Å². The normalized spacial score (nSPS) is 21.3. The minimum atomic E-state index is 0.669. The summed E-state index contributed by atoms with van der Waals surface area (Å²) < 4.78 is 0. The van der Waals surface area contributed by atoms with E-state index in [1.54, 1.807) is 5.56 Å². The van der Waals surface area contributed by atoms with E-state index in [-0.39, 0.29) is 0 Å². The number of rotatable bonds is 4. The summed E-state index contributed by atoms with van der Waals surface area (Å²) in [5.74, 6) is 2.69. The van der Waals surface area contributed by atoms with Gasteiger partial charge in [-0.2, -0.15) is 0 Å². The highest BCUT2D eigenvalue weighted by Gasteiger charge is 2.22. The molecule has 1 aliphatic heterocycles. The van der Waals surface area contributed by atoms with Gasteiger partial charge in [-0.25, -0.2) is 0 Å². The Morgan fingerprint density at radius 2 is 2.27 bits per heavy atom. The van der Waals surface area contributed by atoms with Crippen LogP contribution in [0.2, 0.25) is 0 Å². The summed E-state index contributed by atoms with van der Waals surface area (Å²) in [6, 6.07) is 8.82. The largest absolute Gasteiger partial charge is 0.330 e. The average Bonchev–Trinajstić information content (AvgIpc) is 2.69. The molecule has 1 heterocycles. The lowest BCUT2D eigenvalue weighted by molar-refractivity contribution is 0.493. The summed E-state index contributed by atoms with van der Waals surface area (Å²) in [4.78, 5) is 1.49. The van der Waals surface area contributed by atoms with Gasteiger partial charge in [0.05, 0.1) is 0 Å². The molecule has 1 aromatic rings. The first kappa shape index (κ1) is 11.0. The molecule has 0 amide bonds. The Morgan fingerprint density at radius 1 is 1.47 bits per heavy atom. The van der Waals surface area contributed by atoms with E-state index in [1.807, 2.05) is 11.8 Å². The maximum Gasteiger partial charge on any atom is 0.0107 e. The molecule has 2 N–H and O–H groups in total. The number of hydrogen-bond donors (Lipinski definition) is 1. The Kier molecular flexibility index (Phi) is 3.71. The molecule has 1 aromatic carbocycles. The highest BCUT2D eigenvalue weighted by atomic mass is 32.2. The number of thioether (sulfide) groups is 1. The third-order valence-electron chi connectivity index (χ3n) is 3.21. The van der Waals surface area contributed by atoms with E-state index in [0.717, 1.165) is 12.5 Å². The van der Waals surface area contributed by atoms with E-state index < -0.39 is 0 Å². The smallest absolute Gasteiger partial charge is 0.0107 e. The van der Waals surface area contributed by atoms with Crippen molar-refractivity contribution >= 4 is 11.8 Å². The van der Waals surface area contributed by atoms with Crippen LogP contribution in [-0.2, 0) is 0 Å². The number of fused-ring (bicyclic) bond motifs is 1. The summed E-state index contributed by atoms with van der Waals surface area (Å²) in [6.45, 7) is 3.06. The van der Waals surface area contributed by atoms with Crippen LogP contribution in [0.1, 0.15) is 31.2 Å². The fraction of sp³-hybridized carbons (Fsp3) is 0.538. The van der Waals surface area contributed by atoms with Crippen LogP contribution >= 0.6 is 11.8 Å². The van der Waals surface area contributed by atoms with Crippen molar-refractivity contribution in [3.05, 3.63) is 29.8 Å². The van der Waals surface area contributed by atoms with E-state index >= 15 is 0 Å². The van der Waals surface area contributed by atoms with Crippen molar-refractivity contribution in [2.45, 2.75) is 30.6 Å². The first-order valence-corrected chi connectivity index (χ1v) is 6.71. The Labute approximate surface area is 96.4 Å². The molecular formula is C13H19NS. The number of hydrogen-bond acceptors (Lipinski definition) is 2. The molecule has 2 atom stereocenters. The lowest BCUT2D eigenvalue weighted by atomic mass is 9.92. The Hall–Kier alpha value is -0.470. The van der Waals surface area contributed by atoms with Gasteiger partial charge in [-0.3, -0.25) is 0 Å². The lowest BCUT2D eigenvalue weighted by Gasteiger charge is -2.13. The molecule has 15 heavy (non-hydrogen) atoms. The number of nitrogens with two attached hydrogens (primary N) is 1. The molecule has 82 valence electrons. The SMILES string of the molecule is CC(CN)CCC1CSc2ccccc21. The predicted octanol–water partition coefficient (Wildman–Crippen LogP) is 3.25. The van der Waals surface area contributed by atoms with Crippen LogP contribution in [0.3, 0.4) is 0 Å². The topological polar surface area (TPSA) is 26.0 Å². The Morgan fingerprint density at radius 3 is 3.07 bits per heavy atom. The molecule has 0 saturated carbocycles. The summed E-state index contributed by atoms with van der Waals surface area (Å²) >= 11 is 2.00. The van der Waals surface area contributed by atoms with Crippen molar-refractivity contribution in [3.63, 3.8) is 0 Å². The first-order chi connectivity index (χ1) is 7.31. The van der Waals surface area contributed by atoms with E-state index in [9.17, 15) is 0 Å². The van der Waals surface area contributed by atoms with Crippen molar-refractivity contribution in [1.82, 2.24) is 0 Å².